The molecule has 0 atom stereocenters. The number of hydrogen-bond acceptors (Lipinski definition) is 5. The Labute approximate surface area is 76.5 Å². The van der Waals surface area contributed by atoms with Crippen molar-refractivity contribution >= 4 is 9.84 Å². The van der Waals surface area contributed by atoms with Crippen molar-refractivity contribution in [2.75, 3.05) is 12.9 Å². The van der Waals surface area contributed by atoms with E-state index in [1.165, 1.54) is 11.0 Å². The van der Waals surface area contributed by atoms with Gasteiger partial charge in [0.15, 0.2) is 0 Å². The van der Waals surface area contributed by atoms with Crippen LogP contribution in [0.3, 0.4) is 0 Å². The van der Waals surface area contributed by atoms with Gasteiger partial charge in [0, 0.05) is 12.9 Å². The molecule has 0 N–H and O–H groups in total. The minimum absolute atomic E-state index is 0.174. The van der Waals surface area contributed by atoms with Crippen molar-refractivity contribution < 1.29 is 13.2 Å². The van der Waals surface area contributed by atoms with Crippen LogP contribution in [0.1, 0.15) is 6.92 Å². The summed E-state index contributed by atoms with van der Waals surface area (Å²) in [5.41, 5.74) is 0. The summed E-state index contributed by atoms with van der Waals surface area (Å²) in [4.78, 5) is 3.62. The highest BCUT2D eigenvalue weighted by molar-refractivity contribution is 7.90. The van der Waals surface area contributed by atoms with Crippen LogP contribution in [-0.4, -0.2) is 36.0 Å². The van der Waals surface area contributed by atoms with Gasteiger partial charge in [-0.05, 0) is 6.92 Å². The molecule has 1 aromatic heterocycles. The maximum Gasteiger partial charge on any atom is 0.266 e. The van der Waals surface area contributed by atoms with E-state index in [1.807, 2.05) is 6.92 Å². The number of sulfone groups is 1. The molecule has 0 bridgehead atoms. The molecule has 0 radical (unpaired) electrons. The third-order valence-electron chi connectivity index (χ3n) is 1.27. The topological polar surface area (TPSA) is 74.1 Å². The lowest BCUT2D eigenvalue weighted by atomic mass is 10.9. The summed E-state index contributed by atoms with van der Waals surface area (Å²) < 4.78 is 28.2. The molecule has 0 amide bonds. The second kappa shape index (κ2) is 3.84. The maximum absolute atomic E-state index is 10.9. The zero-order chi connectivity index (χ0) is 9.90. The van der Waals surface area contributed by atoms with E-state index in [2.05, 4.69) is 10.1 Å². The summed E-state index contributed by atoms with van der Waals surface area (Å²) in [6.45, 7) is 2.61. The molecule has 7 heteroatoms. The molecule has 1 heterocycles. The molecule has 0 aliphatic rings. The molecule has 74 valence electrons. The predicted octanol–water partition coefficient (Wildman–Crippen LogP) is -0.324. The van der Waals surface area contributed by atoms with E-state index in [0.29, 0.717) is 6.61 Å². The summed E-state index contributed by atoms with van der Waals surface area (Å²) in [5, 5.41) is 3.54. The summed E-state index contributed by atoms with van der Waals surface area (Å²) in [5.74, 6) is 0. The van der Waals surface area contributed by atoms with E-state index in [4.69, 9.17) is 4.74 Å². The lowest BCUT2D eigenvalue weighted by Gasteiger charge is -1.98. The quantitative estimate of drug-likeness (QED) is 0.673. The molecule has 0 saturated carbocycles. The lowest BCUT2D eigenvalue weighted by molar-refractivity contribution is 0.0782. The largest absolute Gasteiger partial charge is 0.359 e. The Kier molecular flexibility index (Phi) is 2.99. The SMILES string of the molecule is CCOCn1cnc(S(C)(=O)=O)n1. The molecule has 0 unspecified atom stereocenters. The van der Waals surface area contributed by atoms with E-state index < -0.39 is 9.84 Å². The van der Waals surface area contributed by atoms with Crippen molar-refractivity contribution in [3.05, 3.63) is 6.33 Å². The van der Waals surface area contributed by atoms with E-state index in [-0.39, 0.29) is 11.9 Å². The Hall–Kier alpha value is -0.950. The van der Waals surface area contributed by atoms with E-state index in [9.17, 15) is 8.42 Å². The predicted molar refractivity (Wildman–Crippen MR) is 44.8 cm³/mol. The Bertz CT molecular complexity index is 370. The van der Waals surface area contributed by atoms with Gasteiger partial charge in [-0.15, -0.1) is 5.10 Å². The van der Waals surface area contributed by atoms with Crippen molar-refractivity contribution in [1.82, 2.24) is 14.8 Å². The van der Waals surface area contributed by atoms with Gasteiger partial charge in [0.1, 0.15) is 13.1 Å². The van der Waals surface area contributed by atoms with Crippen molar-refractivity contribution in [2.24, 2.45) is 0 Å². The van der Waals surface area contributed by atoms with Crippen LogP contribution in [0.5, 0.6) is 0 Å². The number of hydrogen-bond donors (Lipinski definition) is 0. The molecule has 1 rings (SSSR count). The van der Waals surface area contributed by atoms with Gasteiger partial charge in [-0.1, -0.05) is 0 Å². The highest BCUT2D eigenvalue weighted by atomic mass is 32.2. The van der Waals surface area contributed by atoms with Crippen molar-refractivity contribution in [3.63, 3.8) is 0 Å². The highest BCUT2D eigenvalue weighted by Crippen LogP contribution is 1.99. The van der Waals surface area contributed by atoms with E-state index >= 15 is 0 Å². The monoisotopic (exact) mass is 205 g/mol. The van der Waals surface area contributed by atoms with Gasteiger partial charge >= 0.3 is 0 Å². The molecule has 0 saturated heterocycles. The minimum atomic E-state index is -3.31. The Morgan fingerprint density at radius 3 is 2.77 bits per heavy atom. The third-order valence-corrected chi connectivity index (χ3v) is 2.13. The first-order chi connectivity index (χ1) is 6.04. The second-order valence-corrected chi connectivity index (χ2v) is 4.37. The van der Waals surface area contributed by atoms with Gasteiger partial charge in [0.05, 0.1) is 0 Å². The normalized spacial score (nSPS) is 11.8. The van der Waals surface area contributed by atoms with Gasteiger partial charge in [-0.2, -0.15) is 0 Å². The minimum Gasteiger partial charge on any atom is -0.359 e. The Balaban J connectivity index is 2.76. The zero-order valence-electron chi connectivity index (χ0n) is 7.47. The smallest absolute Gasteiger partial charge is 0.266 e. The fourth-order valence-electron chi connectivity index (χ4n) is 0.694. The lowest BCUT2D eigenvalue weighted by Crippen LogP contribution is -2.05. The molecule has 6 nitrogen and oxygen atoms in total. The Morgan fingerprint density at radius 2 is 2.31 bits per heavy atom. The van der Waals surface area contributed by atoms with Gasteiger partial charge in [-0.25, -0.2) is 18.1 Å². The maximum atomic E-state index is 10.9. The molecule has 13 heavy (non-hydrogen) atoms. The molecule has 0 aliphatic carbocycles. The van der Waals surface area contributed by atoms with Gasteiger partial charge < -0.3 is 4.74 Å². The van der Waals surface area contributed by atoms with Crippen molar-refractivity contribution in [3.8, 4) is 0 Å². The van der Waals surface area contributed by atoms with Gasteiger partial charge in [0.25, 0.3) is 5.16 Å². The number of nitrogens with zero attached hydrogens (tertiary/aromatic N) is 3. The molecular weight excluding hydrogens is 194 g/mol. The van der Waals surface area contributed by atoms with Crippen LogP contribution in [0.15, 0.2) is 11.5 Å². The molecule has 0 aromatic carbocycles. The fourth-order valence-corrected chi connectivity index (χ4v) is 1.19. The highest BCUT2D eigenvalue weighted by Gasteiger charge is 2.12. The summed E-state index contributed by atoms with van der Waals surface area (Å²) >= 11 is 0. The molecule has 1 aromatic rings. The number of aromatic nitrogens is 3. The average Bonchev–Trinajstić information content (AvgIpc) is 2.47. The van der Waals surface area contributed by atoms with Crippen LogP contribution >= 0.6 is 0 Å². The number of ether oxygens (including phenoxy) is 1. The first-order valence-corrected chi connectivity index (χ1v) is 5.60. The second-order valence-electron chi connectivity index (χ2n) is 2.46. The van der Waals surface area contributed by atoms with Crippen LogP contribution in [0.25, 0.3) is 0 Å². The average molecular weight is 205 g/mol. The van der Waals surface area contributed by atoms with E-state index in [0.717, 1.165) is 6.26 Å². The number of rotatable bonds is 4. The van der Waals surface area contributed by atoms with Crippen molar-refractivity contribution in [2.45, 2.75) is 18.8 Å². The van der Waals surface area contributed by atoms with Gasteiger partial charge in [0.2, 0.25) is 9.84 Å². The van der Waals surface area contributed by atoms with Crippen LogP contribution in [-0.2, 0) is 21.3 Å². The summed E-state index contributed by atoms with van der Waals surface area (Å²) in [6.07, 6.45) is 2.39. The fraction of sp³-hybridized carbons (Fsp3) is 0.667. The standard InChI is InChI=1S/C6H11N3O3S/c1-3-12-5-9-4-7-6(8-9)13(2,10)11/h4H,3,5H2,1-2H3. The van der Waals surface area contributed by atoms with Gasteiger partial charge in [-0.3, -0.25) is 0 Å². The molecule has 0 fully saturated rings. The first-order valence-electron chi connectivity index (χ1n) is 3.71. The summed E-state index contributed by atoms with van der Waals surface area (Å²) in [6, 6.07) is 0. The molecular formula is C6H11N3O3S. The third kappa shape index (κ3) is 2.78. The Morgan fingerprint density at radius 1 is 1.62 bits per heavy atom. The van der Waals surface area contributed by atoms with Crippen molar-refractivity contribution in [1.29, 1.82) is 0 Å². The summed E-state index contributed by atoms with van der Waals surface area (Å²) in [7, 11) is -3.31. The zero-order valence-corrected chi connectivity index (χ0v) is 8.28. The van der Waals surface area contributed by atoms with E-state index in [1.54, 1.807) is 0 Å². The molecule has 0 aliphatic heterocycles. The van der Waals surface area contributed by atoms with Crippen LogP contribution < -0.4 is 0 Å². The molecule has 0 spiro atoms. The van der Waals surface area contributed by atoms with Crippen LogP contribution in [0, 0.1) is 0 Å². The van der Waals surface area contributed by atoms with Crippen LogP contribution in [0.2, 0.25) is 0 Å². The first kappa shape index (κ1) is 10.1. The van der Waals surface area contributed by atoms with Crippen LogP contribution in [0.4, 0.5) is 0 Å².